The van der Waals surface area contributed by atoms with E-state index >= 15 is 0 Å². The van der Waals surface area contributed by atoms with E-state index < -0.39 is 0 Å². The lowest BCUT2D eigenvalue weighted by atomic mass is 10.1. The van der Waals surface area contributed by atoms with Crippen LogP contribution in [-0.2, 0) is 16.1 Å². The molecular weight excluding hydrogens is 268 g/mol. The van der Waals surface area contributed by atoms with Gasteiger partial charge in [-0.25, -0.2) is 0 Å². The Morgan fingerprint density at radius 2 is 2.10 bits per heavy atom. The van der Waals surface area contributed by atoms with Gasteiger partial charge in [-0.1, -0.05) is 6.07 Å². The van der Waals surface area contributed by atoms with Gasteiger partial charge in [-0.3, -0.25) is 9.59 Å². The van der Waals surface area contributed by atoms with Crippen molar-refractivity contribution in [2.24, 2.45) is 0 Å². The van der Waals surface area contributed by atoms with Gasteiger partial charge in [0, 0.05) is 31.3 Å². The molecule has 112 valence electrons. The minimum absolute atomic E-state index is 0.0152. The Hall–Kier alpha value is -2.14. The lowest BCUT2D eigenvalue weighted by Crippen LogP contribution is -2.30. The predicted octanol–water partition coefficient (Wildman–Crippen LogP) is 1.38. The fourth-order valence-corrected chi connectivity index (χ4v) is 2.45. The Labute approximate surface area is 123 Å². The highest BCUT2D eigenvalue weighted by atomic mass is 16.5. The first-order valence-electron chi connectivity index (χ1n) is 6.89. The van der Waals surface area contributed by atoms with Crippen LogP contribution in [0.2, 0.25) is 0 Å². The summed E-state index contributed by atoms with van der Waals surface area (Å²) < 4.78 is 6.70. The van der Waals surface area contributed by atoms with Crippen molar-refractivity contribution in [1.29, 1.82) is 0 Å². The number of rotatable bonds is 5. The first-order chi connectivity index (χ1) is 10.0. The number of nitrogens with one attached hydrogen (secondary N) is 1. The lowest BCUT2D eigenvalue weighted by Gasteiger charge is -2.13. The molecule has 21 heavy (non-hydrogen) atoms. The number of hydrogen-bond donors (Lipinski definition) is 1. The molecule has 5 nitrogen and oxygen atoms in total. The highest BCUT2D eigenvalue weighted by molar-refractivity contribution is 5.85. The number of hydrogen-bond acceptors (Lipinski definition) is 3. The third-order valence-corrected chi connectivity index (χ3v) is 3.36. The normalized spacial score (nSPS) is 10.8. The smallest absolute Gasteiger partial charge is 0.240 e. The standard InChI is InChI=1S/C16H20N2O3/c1-11-8-12(2)16-13(9-11)18(6-4-14(16)19)10-15(20)17-5-7-21-3/h4,6,8-9H,5,7,10H2,1-3H3,(H,17,20). The molecule has 0 aliphatic heterocycles. The molecule has 1 aromatic carbocycles. The minimum atomic E-state index is -0.101. The second kappa shape index (κ2) is 6.54. The zero-order valence-electron chi connectivity index (χ0n) is 12.6. The van der Waals surface area contributed by atoms with Gasteiger partial charge in [0.05, 0.1) is 12.1 Å². The first kappa shape index (κ1) is 15.3. The summed E-state index contributed by atoms with van der Waals surface area (Å²) in [5.74, 6) is -0.101. The molecule has 5 heteroatoms. The molecule has 1 amide bonds. The number of fused-ring (bicyclic) bond motifs is 1. The summed E-state index contributed by atoms with van der Waals surface area (Å²) in [6.45, 7) is 5.04. The molecule has 0 aliphatic carbocycles. The molecule has 0 spiro atoms. The highest BCUT2D eigenvalue weighted by Gasteiger charge is 2.09. The van der Waals surface area contributed by atoms with Gasteiger partial charge < -0.3 is 14.6 Å². The van der Waals surface area contributed by atoms with Crippen molar-refractivity contribution in [2.45, 2.75) is 20.4 Å². The van der Waals surface area contributed by atoms with Gasteiger partial charge in [0.15, 0.2) is 5.43 Å². The van der Waals surface area contributed by atoms with Crippen LogP contribution in [0.15, 0.2) is 29.2 Å². The van der Waals surface area contributed by atoms with E-state index in [0.29, 0.717) is 18.5 Å². The van der Waals surface area contributed by atoms with Crippen molar-refractivity contribution in [3.63, 3.8) is 0 Å². The van der Waals surface area contributed by atoms with Gasteiger partial charge in [-0.05, 0) is 31.0 Å². The summed E-state index contributed by atoms with van der Waals surface area (Å²) in [6.07, 6.45) is 1.67. The van der Waals surface area contributed by atoms with Crippen LogP contribution < -0.4 is 10.7 Å². The number of amides is 1. The van der Waals surface area contributed by atoms with Gasteiger partial charge in [-0.2, -0.15) is 0 Å². The Morgan fingerprint density at radius 3 is 2.81 bits per heavy atom. The van der Waals surface area contributed by atoms with Crippen molar-refractivity contribution < 1.29 is 9.53 Å². The zero-order chi connectivity index (χ0) is 15.4. The molecule has 0 saturated carbocycles. The Kier molecular flexibility index (Phi) is 4.75. The number of aromatic nitrogens is 1. The minimum Gasteiger partial charge on any atom is -0.383 e. The van der Waals surface area contributed by atoms with Gasteiger partial charge in [0.2, 0.25) is 5.91 Å². The number of benzene rings is 1. The largest absolute Gasteiger partial charge is 0.383 e. The SMILES string of the molecule is COCCNC(=O)Cn1ccc(=O)c2c(C)cc(C)cc21. The van der Waals surface area contributed by atoms with Crippen LogP contribution in [0.4, 0.5) is 0 Å². The molecule has 0 saturated heterocycles. The second-order valence-corrected chi connectivity index (χ2v) is 5.13. The Morgan fingerprint density at radius 1 is 1.33 bits per heavy atom. The summed E-state index contributed by atoms with van der Waals surface area (Å²) in [5.41, 5.74) is 2.78. The van der Waals surface area contributed by atoms with E-state index in [1.54, 1.807) is 17.9 Å². The topological polar surface area (TPSA) is 60.3 Å². The number of carbonyl (C=O) groups is 1. The summed E-state index contributed by atoms with van der Waals surface area (Å²) in [7, 11) is 1.59. The third kappa shape index (κ3) is 3.49. The number of nitrogens with zero attached hydrogens (tertiary/aromatic N) is 1. The van der Waals surface area contributed by atoms with Gasteiger partial charge in [-0.15, -0.1) is 0 Å². The fourth-order valence-electron chi connectivity index (χ4n) is 2.45. The number of aryl methyl sites for hydroxylation is 2. The number of methoxy groups -OCH3 is 1. The molecule has 0 radical (unpaired) electrons. The van der Waals surface area contributed by atoms with E-state index in [2.05, 4.69) is 5.32 Å². The summed E-state index contributed by atoms with van der Waals surface area (Å²) in [4.78, 5) is 23.9. The molecule has 0 bridgehead atoms. The first-order valence-corrected chi connectivity index (χ1v) is 6.89. The predicted molar refractivity (Wildman–Crippen MR) is 82.6 cm³/mol. The Balaban J connectivity index is 2.34. The van der Waals surface area contributed by atoms with E-state index in [1.807, 2.05) is 26.0 Å². The van der Waals surface area contributed by atoms with Crippen LogP contribution in [0, 0.1) is 13.8 Å². The van der Waals surface area contributed by atoms with E-state index in [1.165, 1.54) is 6.07 Å². The van der Waals surface area contributed by atoms with Crippen molar-refractivity contribution >= 4 is 16.8 Å². The summed E-state index contributed by atoms with van der Waals surface area (Å²) >= 11 is 0. The van der Waals surface area contributed by atoms with Crippen LogP contribution in [0.3, 0.4) is 0 Å². The highest BCUT2D eigenvalue weighted by Crippen LogP contribution is 2.17. The van der Waals surface area contributed by atoms with Gasteiger partial charge in [0.1, 0.15) is 6.54 Å². The second-order valence-electron chi connectivity index (χ2n) is 5.13. The van der Waals surface area contributed by atoms with Gasteiger partial charge >= 0.3 is 0 Å². The van der Waals surface area contributed by atoms with Crippen LogP contribution in [0.5, 0.6) is 0 Å². The van der Waals surface area contributed by atoms with E-state index in [4.69, 9.17) is 4.74 Å². The maximum absolute atomic E-state index is 12.0. The molecule has 0 fully saturated rings. The maximum atomic E-state index is 12.0. The van der Waals surface area contributed by atoms with E-state index in [0.717, 1.165) is 16.6 Å². The van der Waals surface area contributed by atoms with E-state index in [-0.39, 0.29) is 17.9 Å². The third-order valence-electron chi connectivity index (χ3n) is 3.36. The molecule has 1 aromatic heterocycles. The van der Waals surface area contributed by atoms with Gasteiger partial charge in [0.25, 0.3) is 0 Å². The Bertz CT molecular complexity index is 719. The van der Waals surface area contributed by atoms with Crippen molar-refractivity contribution in [3.8, 4) is 0 Å². The maximum Gasteiger partial charge on any atom is 0.240 e. The average molecular weight is 288 g/mol. The molecule has 2 rings (SSSR count). The monoisotopic (exact) mass is 288 g/mol. The number of ether oxygens (including phenoxy) is 1. The summed E-state index contributed by atoms with van der Waals surface area (Å²) in [6, 6.07) is 5.42. The number of pyridine rings is 1. The molecule has 1 heterocycles. The molecule has 2 aromatic rings. The van der Waals surface area contributed by atoms with Crippen molar-refractivity contribution in [2.75, 3.05) is 20.3 Å². The molecule has 0 unspecified atom stereocenters. The molecule has 0 aliphatic rings. The van der Waals surface area contributed by atoms with Crippen molar-refractivity contribution in [3.05, 3.63) is 45.7 Å². The molecule has 0 atom stereocenters. The summed E-state index contributed by atoms with van der Waals surface area (Å²) in [5, 5.41) is 3.45. The van der Waals surface area contributed by atoms with Crippen LogP contribution in [-0.4, -0.2) is 30.7 Å². The van der Waals surface area contributed by atoms with E-state index in [9.17, 15) is 9.59 Å². The molecule has 1 N–H and O–H groups in total. The van der Waals surface area contributed by atoms with Crippen molar-refractivity contribution in [1.82, 2.24) is 9.88 Å². The molecular formula is C16H20N2O3. The lowest BCUT2D eigenvalue weighted by molar-refractivity contribution is -0.121. The van der Waals surface area contributed by atoms with Crippen LogP contribution in [0.1, 0.15) is 11.1 Å². The zero-order valence-corrected chi connectivity index (χ0v) is 12.6. The average Bonchev–Trinajstić information content (AvgIpc) is 2.41. The van der Waals surface area contributed by atoms with Crippen LogP contribution in [0.25, 0.3) is 10.9 Å². The quantitative estimate of drug-likeness (QED) is 0.846. The van der Waals surface area contributed by atoms with Crippen LogP contribution >= 0.6 is 0 Å². The fraction of sp³-hybridized carbons (Fsp3) is 0.375. The number of carbonyl (C=O) groups excluding carboxylic acids is 1.